The fraction of sp³-hybridized carbons (Fsp3) is 0.167. The molecule has 0 atom stereocenters. The van der Waals surface area contributed by atoms with Crippen molar-refractivity contribution in [2.24, 2.45) is 0 Å². The maximum absolute atomic E-state index is 11.4. The molecule has 0 unspecified atom stereocenters. The smallest absolute Gasteiger partial charge is 0.356 e. The molecule has 2 aromatic rings. The van der Waals surface area contributed by atoms with Crippen LogP contribution in [-0.2, 0) is 0 Å². The van der Waals surface area contributed by atoms with Crippen LogP contribution in [0.15, 0.2) is 36.9 Å². The number of aromatic carboxylic acids is 1. The van der Waals surface area contributed by atoms with Crippen molar-refractivity contribution in [1.29, 1.82) is 0 Å². The van der Waals surface area contributed by atoms with Crippen LogP contribution < -0.4 is 4.90 Å². The van der Waals surface area contributed by atoms with Gasteiger partial charge in [-0.2, -0.15) is 0 Å². The first kappa shape index (κ1) is 12.4. The predicted molar refractivity (Wildman–Crippen MR) is 72.6 cm³/mol. The molecule has 0 amide bonds. The summed E-state index contributed by atoms with van der Waals surface area (Å²) < 4.78 is 1.58. The zero-order valence-electron chi connectivity index (χ0n) is 9.74. The van der Waals surface area contributed by atoms with E-state index in [-0.39, 0.29) is 5.69 Å². The van der Waals surface area contributed by atoms with Gasteiger partial charge in [0.25, 0.3) is 0 Å². The number of thiazole rings is 1. The average molecular weight is 263 g/mol. The van der Waals surface area contributed by atoms with Gasteiger partial charge in [0, 0.05) is 24.7 Å². The SMILES string of the molecule is C=CCN(CC=C)c1nc2sccn2c1C(=O)O. The van der Waals surface area contributed by atoms with Crippen molar-refractivity contribution in [3.63, 3.8) is 0 Å². The number of hydrogen-bond donors (Lipinski definition) is 1. The highest BCUT2D eigenvalue weighted by atomic mass is 32.1. The molecule has 2 rings (SSSR count). The molecule has 0 spiro atoms. The van der Waals surface area contributed by atoms with Crippen molar-refractivity contribution in [3.8, 4) is 0 Å². The van der Waals surface area contributed by atoms with Gasteiger partial charge in [-0.3, -0.25) is 4.40 Å². The molecule has 0 saturated heterocycles. The summed E-state index contributed by atoms with van der Waals surface area (Å²) in [7, 11) is 0. The third-order valence-corrected chi connectivity index (χ3v) is 3.20. The van der Waals surface area contributed by atoms with Gasteiger partial charge < -0.3 is 10.0 Å². The van der Waals surface area contributed by atoms with Crippen LogP contribution >= 0.6 is 11.3 Å². The van der Waals surface area contributed by atoms with Gasteiger partial charge in [0.15, 0.2) is 16.5 Å². The molecular weight excluding hydrogens is 250 g/mol. The number of rotatable bonds is 6. The zero-order chi connectivity index (χ0) is 13.1. The molecule has 0 aliphatic carbocycles. The quantitative estimate of drug-likeness (QED) is 0.812. The number of fused-ring (bicyclic) bond motifs is 1. The second-order valence-corrected chi connectivity index (χ2v) is 4.50. The predicted octanol–water partition coefficient (Wildman–Crippen LogP) is 2.27. The Labute approximate surface area is 108 Å². The van der Waals surface area contributed by atoms with E-state index in [9.17, 15) is 9.90 Å². The number of carboxylic acids is 1. The highest BCUT2D eigenvalue weighted by Gasteiger charge is 2.22. The van der Waals surface area contributed by atoms with Crippen LogP contribution in [0.3, 0.4) is 0 Å². The molecule has 18 heavy (non-hydrogen) atoms. The fourth-order valence-corrected chi connectivity index (χ4v) is 2.46. The fourth-order valence-electron chi connectivity index (χ4n) is 1.75. The Morgan fingerprint density at radius 2 is 2.17 bits per heavy atom. The molecule has 0 aromatic carbocycles. The largest absolute Gasteiger partial charge is 0.476 e. The zero-order valence-corrected chi connectivity index (χ0v) is 10.6. The first-order valence-electron chi connectivity index (χ1n) is 5.34. The van der Waals surface area contributed by atoms with Crippen LogP contribution in [0, 0.1) is 0 Å². The van der Waals surface area contributed by atoms with Gasteiger partial charge in [-0.25, -0.2) is 9.78 Å². The lowest BCUT2D eigenvalue weighted by molar-refractivity contribution is 0.0690. The Morgan fingerprint density at radius 3 is 2.72 bits per heavy atom. The first-order chi connectivity index (χ1) is 8.69. The van der Waals surface area contributed by atoms with E-state index in [1.165, 1.54) is 11.3 Å². The van der Waals surface area contributed by atoms with Crippen molar-refractivity contribution in [3.05, 3.63) is 42.6 Å². The Morgan fingerprint density at radius 1 is 1.50 bits per heavy atom. The molecule has 0 fully saturated rings. The van der Waals surface area contributed by atoms with Crippen LogP contribution in [0.5, 0.6) is 0 Å². The number of anilines is 1. The maximum Gasteiger partial charge on any atom is 0.356 e. The molecule has 0 saturated carbocycles. The van der Waals surface area contributed by atoms with E-state index in [1.807, 2.05) is 10.3 Å². The van der Waals surface area contributed by atoms with E-state index in [1.54, 1.807) is 22.7 Å². The number of imidazole rings is 1. The molecule has 1 N–H and O–H groups in total. The van der Waals surface area contributed by atoms with Crippen LogP contribution in [0.2, 0.25) is 0 Å². The Kier molecular flexibility index (Phi) is 3.47. The number of carbonyl (C=O) groups is 1. The monoisotopic (exact) mass is 263 g/mol. The number of aromatic nitrogens is 2. The van der Waals surface area contributed by atoms with E-state index in [0.29, 0.717) is 23.9 Å². The molecule has 94 valence electrons. The lowest BCUT2D eigenvalue weighted by Gasteiger charge is -2.19. The number of carboxylic acid groups (broad SMARTS) is 1. The summed E-state index contributed by atoms with van der Waals surface area (Å²) >= 11 is 1.40. The highest BCUT2D eigenvalue weighted by Crippen LogP contribution is 2.24. The van der Waals surface area contributed by atoms with E-state index in [4.69, 9.17) is 0 Å². The number of hydrogen-bond acceptors (Lipinski definition) is 4. The molecule has 2 aromatic heterocycles. The lowest BCUT2D eigenvalue weighted by Crippen LogP contribution is -2.25. The topological polar surface area (TPSA) is 57.8 Å². The van der Waals surface area contributed by atoms with E-state index >= 15 is 0 Å². The van der Waals surface area contributed by atoms with Crippen LogP contribution in [0.1, 0.15) is 10.5 Å². The van der Waals surface area contributed by atoms with Crippen LogP contribution in [-0.4, -0.2) is 33.6 Å². The molecule has 5 nitrogen and oxygen atoms in total. The maximum atomic E-state index is 11.4. The van der Waals surface area contributed by atoms with Gasteiger partial charge in [-0.1, -0.05) is 12.2 Å². The van der Waals surface area contributed by atoms with E-state index in [2.05, 4.69) is 18.1 Å². The minimum absolute atomic E-state index is 0.176. The van der Waals surface area contributed by atoms with Crippen molar-refractivity contribution < 1.29 is 9.90 Å². The summed E-state index contributed by atoms with van der Waals surface area (Å²) in [6, 6.07) is 0. The Hall–Kier alpha value is -2.08. The van der Waals surface area contributed by atoms with Crippen molar-refractivity contribution in [2.45, 2.75) is 0 Å². The summed E-state index contributed by atoms with van der Waals surface area (Å²) in [6.07, 6.45) is 5.13. The normalized spacial score (nSPS) is 10.4. The van der Waals surface area contributed by atoms with Gasteiger partial charge in [0.05, 0.1) is 0 Å². The minimum atomic E-state index is -0.992. The molecule has 6 heteroatoms. The van der Waals surface area contributed by atoms with Crippen molar-refractivity contribution in [1.82, 2.24) is 9.38 Å². The molecule has 0 aliphatic heterocycles. The van der Waals surface area contributed by atoms with Gasteiger partial charge in [0.2, 0.25) is 0 Å². The molecule has 2 heterocycles. The summed E-state index contributed by atoms with van der Waals surface area (Å²) in [6.45, 7) is 8.39. The second kappa shape index (κ2) is 5.05. The third kappa shape index (κ3) is 2.02. The van der Waals surface area contributed by atoms with Crippen LogP contribution in [0.25, 0.3) is 4.96 Å². The summed E-state index contributed by atoms with van der Waals surface area (Å²) in [5.41, 5.74) is 0.176. The average Bonchev–Trinajstić information content (AvgIpc) is 2.87. The molecule has 0 aliphatic rings. The summed E-state index contributed by atoms with van der Waals surface area (Å²) in [5.74, 6) is -0.539. The summed E-state index contributed by atoms with van der Waals surface area (Å²) in [4.78, 5) is 18.2. The first-order valence-corrected chi connectivity index (χ1v) is 6.22. The van der Waals surface area contributed by atoms with Gasteiger partial charge >= 0.3 is 5.97 Å². The standard InChI is InChI=1S/C12H13N3O2S/c1-3-5-14(6-4-2)10-9(11(16)17)15-7-8-18-12(15)13-10/h3-4,7-8H,1-2,5-6H2,(H,16,17). The second-order valence-electron chi connectivity index (χ2n) is 3.63. The summed E-state index contributed by atoms with van der Waals surface area (Å²) in [5, 5.41) is 11.1. The van der Waals surface area contributed by atoms with E-state index in [0.717, 1.165) is 0 Å². The van der Waals surface area contributed by atoms with Gasteiger partial charge in [0.1, 0.15) is 0 Å². The minimum Gasteiger partial charge on any atom is -0.476 e. The van der Waals surface area contributed by atoms with Gasteiger partial charge in [-0.05, 0) is 0 Å². The molecule has 0 radical (unpaired) electrons. The van der Waals surface area contributed by atoms with Crippen molar-refractivity contribution in [2.75, 3.05) is 18.0 Å². The molecular formula is C12H13N3O2S. The van der Waals surface area contributed by atoms with Crippen molar-refractivity contribution >= 4 is 28.1 Å². The number of nitrogens with zero attached hydrogens (tertiary/aromatic N) is 3. The molecule has 0 bridgehead atoms. The Bertz CT molecular complexity index is 590. The van der Waals surface area contributed by atoms with Crippen LogP contribution in [0.4, 0.5) is 5.82 Å². The highest BCUT2D eigenvalue weighted by molar-refractivity contribution is 7.15. The van der Waals surface area contributed by atoms with Gasteiger partial charge in [-0.15, -0.1) is 24.5 Å². The lowest BCUT2D eigenvalue weighted by atomic mass is 10.3. The Balaban J connectivity index is 2.56. The third-order valence-electron chi connectivity index (χ3n) is 2.44. The van der Waals surface area contributed by atoms with E-state index < -0.39 is 5.97 Å².